The maximum atomic E-state index is 11.5. The van der Waals surface area contributed by atoms with Gasteiger partial charge in [0.15, 0.2) is 0 Å². The number of hydrogen-bond acceptors (Lipinski definition) is 6. The Morgan fingerprint density at radius 3 is 2.25 bits per heavy atom. The van der Waals surface area contributed by atoms with E-state index in [1.165, 1.54) is 12.1 Å². The fourth-order valence-corrected chi connectivity index (χ4v) is 3.97. The summed E-state index contributed by atoms with van der Waals surface area (Å²) in [6.07, 6.45) is 0.809. The van der Waals surface area contributed by atoms with Gasteiger partial charge in [0.1, 0.15) is 11.5 Å². The molecule has 0 aliphatic heterocycles. The Morgan fingerprint density at radius 2 is 1.62 bits per heavy atom. The molecule has 0 saturated heterocycles. The highest BCUT2D eigenvalue weighted by Gasteiger charge is 2.17. The maximum absolute atomic E-state index is 11.5. The largest absolute Gasteiger partial charge is 0.506 e. The van der Waals surface area contributed by atoms with Gasteiger partial charge in [-0.2, -0.15) is 0 Å². The Labute approximate surface area is 188 Å². The average molecular weight is 457 g/mol. The lowest BCUT2D eigenvalue weighted by Gasteiger charge is -2.22. The number of methoxy groups -OCH3 is 1. The molecule has 0 spiro atoms. The lowest BCUT2D eigenvalue weighted by molar-refractivity contribution is 0.169. The molecule has 0 fully saturated rings. The number of aliphatic hydroxyl groups excluding tert-OH is 1. The molecule has 0 unspecified atom stereocenters. The van der Waals surface area contributed by atoms with Gasteiger partial charge in [-0.3, -0.25) is 4.72 Å². The third-order valence-electron chi connectivity index (χ3n) is 5.06. The Balaban J connectivity index is 1.76. The quantitative estimate of drug-likeness (QED) is 0.349. The summed E-state index contributed by atoms with van der Waals surface area (Å²) >= 11 is 0. The molecule has 0 heterocycles. The molecule has 0 saturated carbocycles. The molecule has 0 bridgehead atoms. The predicted molar refractivity (Wildman–Crippen MR) is 125 cm³/mol. The van der Waals surface area contributed by atoms with Gasteiger partial charge < -0.3 is 20.3 Å². The molecule has 4 N–H and O–H groups in total. The van der Waals surface area contributed by atoms with E-state index in [0.717, 1.165) is 29.6 Å². The molecule has 3 aromatic rings. The third-order valence-corrected chi connectivity index (χ3v) is 5.65. The van der Waals surface area contributed by atoms with Gasteiger partial charge in [-0.25, -0.2) is 8.42 Å². The molecule has 32 heavy (non-hydrogen) atoms. The van der Waals surface area contributed by atoms with Gasteiger partial charge in [0.05, 0.1) is 25.2 Å². The van der Waals surface area contributed by atoms with E-state index < -0.39 is 16.1 Å². The number of aliphatic hydroxyl groups is 1. The van der Waals surface area contributed by atoms with Crippen molar-refractivity contribution >= 4 is 15.7 Å². The molecule has 8 heteroatoms. The van der Waals surface area contributed by atoms with Crippen molar-refractivity contribution in [3.63, 3.8) is 0 Å². The standard InChI is InChI=1S/C24H28N2O5S/c1-31-20-11-8-18(9-12-20)21(14-17-6-4-3-5-7-17)25-16-24(28)19-10-13-23(27)22(15-19)26-32(2,29)30/h3-13,15,21,24-28H,14,16H2,1-2H3/t21-,24+/m1/s1. The van der Waals surface area contributed by atoms with Crippen LogP contribution in [0.15, 0.2) is 72.8 Å². The van der Waals surface area contributed by atoms with Gasteiger partial charge in [0, 0.05) is 12.6 Å². The van der Waals surface area contributed by atoms with E-state index in [1.807, 2.05) is 42.5 Å². The van der Waals surface area contributed by atoms with Gasteiger partial charge in [0.2, 0.25) is 10.0 Å². The molecular weight excluding hydrogens is 428 g/mol. The summed E-state index contributed by atoms with van der Waals surface area (Å²) in [5, 5.41) is 24.1. The highest BCUT2D eigenvalue weighted by atomic mass is 32.2. The lowest BCUT2D eigenvalue weighted by atomic mass is 9.98. The molecule has 3 rings (SSSR count). The predicted octanol–water partition coefficient (Wildman–Crippen LogP) is 3.38. The van der Waals surface area contributed by atoms with Crippen molar-refractivity contribution in [1.29, 1.82) is 0 Å². The first-order valence-electron chi connectivity index (χ1n) is 10.1. The summed E-state index contributed by atoms with van der Waals surface area (Å²) in [6, 6.07) is 22.1. The fraction of sp³-hybridized carbons (Fsp3) is 0.250. The van der Waals surface area contributed by atoms with Crippen molar-refractivity contribution in [3.8, 4) is 11.5 Å². The molecule has 2 atom stereocenters. The van der Waals surface area contributed by atoms with Crippen LogP contribution in [0.5, 0.6) is 11.5 Å². The molecule has 170 valence electrons. The second-order valence-corrected chi connectivity index (χ2v) is 9.34. The van der Waals surface area contributed by atoms with E-state index in [1.54, 1.807) is 13.2 Å². The number of hydrogen-bond donors (Lipinski definition) is 4. The van der Waals surface area contributed by atoms with Crippen molar-refractivity contribution < 1.29 is 23.4 Å². The summed E-state index contributed by atoms with van der Waals surface area (Å²) < 4.78 is 30.5. The van der Waals surface area contributed by atoms with Crippen molar-refractivity contribution in [3.05, 3.63) is 89.5 Å². The molecule has 0 aromatic heterocycles. The summed E-state index contributed by atoms with van der Waals surface area (Å²) in [4.78, 5) is 0. The van der Waals surface area contributed by atoms with E-state index in [4.69, 9.17) is 4.74 Å². The van der Waals surface area contributed by atoms with Crippen LogP contribution < -0.4 is 14.8 Å². The number of benzene rings is 3. The van der Waals surface area contributed by atoms with Crippen LogP contribution in [0.25, 0.3) is 0 Å². The second-order valence-electron chi connectivity index (χ2n) is 7.59. The molecule has 7 nitrogen and oxygen atoms in total. The van der Waals surface area contributed by atoms with Crippen LogP contribution in [0.2, 0.25) is 0 Å². The van der Waals surface area contributed by atoms with Gasteiger partial charge in [-0.15, -0.1) is 0 Å². The van der Waals surface area contributed by atoms with Crippen LogP contribution in [-0.4, -0.2) is 38.5 Å². The number of ether oxygens (including phenoxy) is 1. The molecule has 0 radical (unpaired) electrons. The van der Waals surface area contributed by atoms with Crippen LogP contribution in [0.3, 0.4) is 0 Å². The first kappa shape index (κ1) is 23.6. The van der Waals surface area contributed by atoms with Crippen molar-refractivity contribution in [2.45, 2.75) is 18.6 Å². The molecular formula is C24H28N2O5S. The zero-order chi connectivity index (χ0) is 23.1. The van der Waals surface area contributed by atoms with E-state index in [9.17, 15) is 18.6 Å². The van der Waals surface area contributed by atoms with Crippen LogP contribution in [0.1, 0.15) is 28.8 Å². The molecule has 0 amide bonds. The van der Waals surface area contributed by atoms with Crippen LogP contribution in [0.4, 0.5) is 5.69 Å². The first-order chi connectivity index (χ1) is 15.2. The monoisotopic (exact) mass is 456 g/mol. The number of sulfonamides is 1. The van der Waals surface area contributed by atoms with Crippen LogP contribution >= 0.6 is 0 Å². The second kappa shape index (κ2) is 10.5. The van der Waals surface area contributed by atoms with Gasteiger partial charge in [-0.1, -0.05) is 48.5 Å². The van der Waals surface area contributed by atoms with Crippen molar-refractivity contribution in [2.24, 2.45) is 0 Å². The normalized spacial score (nSPS) is 13.3. The smallest absolute Gasteiger partial charge is 0.229 e. The highest BCUT2D eigenvalue weighted by Crippen LogP contribution is 2.28. The maximum Gasteiger partial charge on any atom is 0.229 e. The SMILES string of the molecule is COc1ccc([C@@H](Cc2ccccc2)NC[C@H](O)c2ccc(O)c(NS(C)(=O)=O)c2)cc1. The van der Waals surface area contributed by atoms with E-state index in [0.29, 0.717) is 5.56 Å². The van der Waals surface area contributed by atoms with Crippen molar-refractivity contribution in [1.82, 2.24) is 5.32 Å². The number of nitrogens with one attached hydrogen (secondary N) is 2. The minimum atomic E-state index is -3.56. The molecule has 0 aliphatic rings. The topological polar surface area (TPSA) is 108 Å². The van der Waals surface area contributed by atoms with E-state index >= 15 is 0 Å². The Bertz CT molecular complexity index is 1120. The zero-order valence-electron chi connectivity index (χ0n) is 18.0. The third kappa shape index (κ3) is 6.71. The Morgan fingerprint density at radius 1 is 0.969 bits per heavy atom. The fourth-order valence-electron chi connectivity index (χ4n) is 3.41. The molecule has 0 aliphatic carbocycles. The average Bonchev–Trinajstić information content (AvgIpc) is 2.77. The number of anilines is 1. The number of aromatic hydroxyl groups is 1. The number of phenolic OH excluding ortho intramolecular Hbond substituents is 1. The summed E-state index contributed by atoms with van der Waals surface area (Å²) in [6.45, 7) is 0.229. The summed E-state index contributed by atoms with van der Waals surface area (Å²) in [7, 11) is -1.94. The minimum Gasteiger partial charge on any atom is -0.506 e. The molecule has 3 aromatic carbocycles. The van der Waals surface area contributed by atoms with Gasteiger partial charge in [0.25, 0.3) is 0 Å². The minimum absolute atomic E-state index is 0.0278. The van der Waals surface area contributed by atoms with Gasteiger partial charge >= 0.3 is 0 Å². The van der Waals surface area contributed by atoms with Crippen molar-refractivity contribution in [2.75, 3.05) is 24.6 Å². The Kier molecular flexibility index (Phi) is 7.74. The first-order valence-corrected chi connectivity index (χ1v) is 12.0. The van der Waals surface area contributed by atoms with Crippen LogP contribution in [-0.2, 0) is 16.4 Å². The summed E-state index contributed by atoms with van der Waals surface area (Å²) in [5.41, 5.74) is 2.71. The Hall–Kier alpha value is -3.07. The summed E-state index contributed by atoms with van der Waals surface area (Å²) in [5.74, 6) is 0.557. The van der Waals surface area contributed by atoms with E-state index in [2.05, 4.69) is 22.2 Å². The lowest BCUT2D eigenvalue weighted by Crippen LogP contribution is -2.28. The highest BCUT2D eigenvalue weighted by molar-refractivity contribution is 7.92. The number of rotatable bonds is 10. The number of phenols is 1. The van der Waals surface area contributed by atoms with E-state index in [-0.39, 0.29) is 24.0 Å². The van der Waals surface area contributed by atoms with Gasteiger partial charge in [-0.05, 0) is 47.4 Å². The van der Waals surface area contributed by atoms with Crippen LogP contribution in [0, 0.1) is 0 Å². The zero-order valence-corrected chi connectivity index (χ0v) is 18.8.